The summed E-state index contributed by atoms with van der Waals surface area (Å²) in [5.74, 6) is 0.602. The lowest BCUT2D eigenvalue weighted by Gasteiger charge is -2.19. The number of carbonyl (C=O) groups is 1. The lowest BCUT2D eigenvalue weighted by molar-refractivity contribution is -0.121. The molecule has 4 rings (SSSR count). The molecule has 1 unspecified atom stereocenters. The van der Waals surface area contributed by atoms with Gasteiger partial charge >= 0.3 is 0 Å². The van der Waals surface area contributed by atoms with Gasteiger partial charge in [0.15, 0.2) is 5.65 Å². The van der Waals surface area contributed by atoms with Crippen molar-refractivity contribution in [2.45, 2.75) is 40.2 Å². The molecule has 10 heteroatoms. The highest BCUT2D eigenvalue weighted by Crippen LogP contribution is 2.24. The lowest BCUT2D eigenvalue weighted by Crippen LogP contribution is -2.33. The van der Waals surface area contributed by atoms with Crippen LogP contribution in [0.4, 0.5) is 0 Å². The number of aryl methyl sites for hydroxylation is 2. The van der Waals surface area contributed by atoms with Crippen LogP contribution in [0.25, 0.3) is 17.0 Å². The molecule has 0 saturated carbocycles. The molecule has 10 nitrogen and oxygen atoms in total. The number of pyridine rings is 1. The van der Waals surface area contributed by atoms with Gasteiger partial charge in [-0.25, -0.2) is 9.50 Å². The topological polar surface area (TPSA) is 131 Å². The maximum atomic E-state index is 12.9. The fourth-order valence-corrected chi connectivity index (χ4v) is 3.49. The first-order chi connectivity index (χ1) is 14.8. The Morgan fingerprint density at radius 3 is 2.68 bits per heavy atom. The summed E-state index contributed by atoms with van der Waals surface area (Å²) in [6.07, 6.45) is 3.41. The number of hydrogen-bond donors (Lipinski definition) is 2. The lowest BCUT2D eigenvalue weighted by atomic mass is 10.0. The maximum Gasteiger partial charge on any atom is 0.266 e. The summed E-state index contributed by atoms with van der Waals surface area (Å²) in [7, 11) is 0. The van der Waals surface area contributed by atoms with Gasteiger partial charge in [-0.2, -0.15) is 4.98 Å². The minimum atomic E-state index is -0.445. The minimum Gasteiger partial charge on any atom is -0.344 e. The zero-order valence-electron chi connectivity index (χ0n) is 17.7. The zero-order valence-corrected chi connectivity index (χ0v) is 17.7. The normalized spacial score (nSPS) is 12.4. The molecular weight excluding hydrogens is 398 g/mol. The number of fused-ring (bicyclic) bond motifs is 1. The Morgan fingerprint density at radius 2 is 1.97 bits per heavy atom. The number of nitrogens with zero attached hydrogens (tertiary/aromatic N) is 5. The second-order valence-electron chi connectivity index (χ2n) is 7.73. The van der Waals surface area contributed by atoms with Crippen LogP contribution < -0.4 is 10.9 Å². The Labute approximate surface area is 177 Å². The molecule has 0 aliphatic carbocycles. The van der Waals surface area contributed by atoms with Crippen LogP contribution in [0.15, 0.2) is 39.9 Å². The van der Waals surface area contributed by atoms with E-state index in [1.807, 2.05) is 27.7 Å². The van der Waals surface area contributed by atoms with Crippen LogP contribution in [0.2, 0.25) is 0 Å². The van der Waals surface area contributed by atoms with E-state index in [-0.39, 0.29) is 23.8 Å². The smallest absolute Gasteiger partial charge is 0.266 e. The number of hydrogen-bond acceptors (Lipinski definition) is 7. The molecule has 0 aliphatic heterocycles. The SMILES string of the molecule is Cc1nc2cc(=O)[nH]n2c(C)c1CC(=O)NC(c1nc(-c2ccncc2)no1)C(C)C. The molecule has 0 spiro atoms. The number of rotatable bonds is 6. The van der Waals surface area contributed by atoms with Crippen LogP contribution in [-0.2, 0) is 11.2 Å². The number of nitrogens with one attached hydrogen (secondary N) is 2. The van der Waals surface area contributed by atoms with Crippen LogP contribution in [0.3, 0.4) is 0 Å². The van der Waals surface area contributed by atoms with Crippen molar-refractivity contribution >= 4 is 11.6 Å². The Hall–Kier alpha value is -3.82. The Morgan fingerprint density at radius 1 is 1.23 bits per heavy atom. The van der Waals surface area contributed by atoms with Gasteiger partial charge in [0.05, 0.1) is 6.42 Å². The van der Waals surface area contributed by atoms with E-state index in [0.717, 1.165) is 16.8 Å². The summed E-state index contributed by atoms with van der Waals surface area (Å²) >= 11 is 0. The van der Waals surface area contributed by atoms with E-state index >= 15 is 0 Å². The van der Waals surface area contributed by atoms with Gasteiger partial charge in [0.2, 0.25) is 17.6 Å². The third-order valence-corrected chi connectivity index (χ3v) is 5.17. The molecule has 0 radical (unpaired) electrons. The van der Waals surface area contributed by atoms with Gasteiger partial charge in [-0.1, -0.05) is 19.0 Å². The van der Waals surface area contributed by atoms with E-state index in [1.54, 1.807) is 29.0 Å². The van der Waals surface area contributed by atoms with Crippen LogP contribution in [0.1, 0.15) is 42.7 Å². The fourth-order valence-electron chi connectivity index (χ4n) is 3.49. The highest BCUT2D eigenvalue weighted by molar-refractivity contribution is 5.79. The molecule has 31 heavy (non-hydrogen) atoms. The summed E-state index contributed by atoms with van der Waals surface area (Å²) in [5, 5.41) is 9.73. The van der Waals surface area contributed by atoms with E-state index in [4.69, 9.17) is 4.52 Å². The predicted molar refractivity (Wildman–Crippen MR) is 112 cm³/mol. The Balaban J connectivity index is 1.56. The quantitative estimate of drug-likeness (QED) is 0.487. The molecule has 4 aromatic heterocycles. The van der Waals surface area contributed by atoms with Crippen molar-refractivity contribution < 1.29 is 9.32 Å². The largest absolute Gasteiger partial charge is 0.344 e. The van der Waals surface area contributed by atoms with Crippen LogP contribution in [0, 0.1) is 19.8 Å². The van der Waals surface area contributed by atoms with Gasteiger partial charge in [0.25, 0.3) is 5.56 Å². The van der Waals surface area contributed by atoms with Crippen LogP contribution >= 0.6 is 0 Å². The van der Waals surface area contributed by atoms with Crippen molar-refractivity contribution in [3.05, 3.63) is 63.8 Å². The Bertz CT molecular complexity index is 1290. The fraction of sp³-hybridized carbons (Fsp3) is 0.333. The monoisotopic (exact) mass is 421 g/mol. The molecular formula is C21H23N7O3. The van der Waals surface area contributed by atoms with Gasteiger partial charge in [-0.15, -0.1) is 0 Å². The standard InChI is InChI=1S/C21H23N7O3/c1-11(2)19(21-25-20(27-31-21)14-5-7-22-8-6-14)24-17(29)9-15-12(3)23-16-10-18(30)26-28(16)13(15)4/h5-8,10-11,19H,9H2,1-4H3,(H,24,29)(H,26,30). The second-order valence-corrected chi connectivity index (χ2v) is 7.73. The van der Waals surface area contributed by atoms with Gasteiger partial charge in [0, 0.05) is 41.0 Å². The molecule has 1 amide bonds. The van der Waals surface area contributed by atoms with Gasteiger partial charge in [-0.3, -0.25) is 19.7 Å². The third kappa shape index (κ3) is 4.09. The molecule has 4 aromatic rings. The van der Waals surface area contributed by atoms with Gasteiger partial charge < -0.3 is 9.84 Å². The van der Waals surface area contributed by atoms with E-state index < -0.39 is 6.04 Å². The average Bonchev–Trinajstić information content (AvgIpc) is 3.36. The summed E-state index contributed by atoms with van der Waals surface area (Å²) < 4.78 is 7.04. The van der Waals surface area contributed by atoms with Crippen molar-refractivity contribution in [3.8, 4) is 11.4 Å². The molecule has 4 heterocycles. The van der Waals surface area contributed by atoms with E-state index in [9.17, 15) is 9.59 Å². The third-order valence-electron chi connectivity index (χ3n) is 5.17. The predicted octanol–water partition coefficient (Wildman–Crippen LogP) is 2.14. The van der Waals surface area contributed by atoms with Crippen LogP contribution in [-0.4, -0.2) is 35.6 Å². The molecule has 0 fully saturated rings. The van der Waals surface area contributed by atoms with Crippen LogP contribution in [0.5, 0.6) is 0 Å². The summed E-state index contributed by atoms with van der Waals surface area (Å²) in [4.78, 5) is 37.4. The molecule has 0 bridgehead atoms. The number of aromatic amines is 1. The first kappa shape index (κ1) is 20.5. The number of carbonyl (C=O) groups excluding carboxylic acids is 1. The van der Waals surface area contributed by atoms with E-state index in [0.29, 0.717) is 23.1 Å². The number of aromatic nitrogens is 6. The minimum absolute atomic E-state index is 0.0262. The van der Waals surface area contributed by atoms with Gasteiger partial charge in [0.1, 0.15) is 6.04 Å². The number of H-pyrrole nitrogens is 1. The average molecular weight is 421 g/mol. The first-order valence-electron chi connectivity index (χ1n) is 9.94. The molecule has 0 saturated heterocycles. The van der Waals surface area contributed by atoms with E-state index in [1.165, 1.54) is 6.07 Å². The summed E-state index contributed by atoms with van der Waals surface area (Å²) in [5.41, 5.74) is 3.29. The van der Waals surface area contributed by atoms with Crippen molar-refractivity contribution in [2.75, 3.05) is 0 Å². The zero-order chi connectivity index (χ0) is 22.1. The van der Waals surface area contributed by atoms with Crippen molar-refractivity contribution in [1.29, 1.82) is 0 Å². The van der Waals surface area contributed by atoms with E-state index in [2.05, 4.69) is 30.5 Å². The van der Waals surface area contributed by atoms with Crippen molar-refractivity contribution in [2.24, 2.45) is 5.92 Å². The first-order valence-corrected chi connectivity index (χ1v) is 9.94. The van der Waals surface area contributed by atoms with Gasteiger partial charge in [-0.05, 0) is 31.9 Å². The summed E-state index contributed by atoms with van der Waals surface area (Å²) in [6, 6.07) is 4.56. The van der Waals surface area contributed by atoms with Crippen molar-refractivity contribution in [1.82, 2.24) is 35.0 Å². The Kier molecular flexibility index (Phi) is 5.37. The molecule has 1 atom stereocenters. The second kappa shape index (κ2) is 8.13. The van der Waals surface area contributed by atoms with Crippen molar-refractivity contribution in [3.63, 3.8) is 0 Å². The molecule has 0 aromatic carbocycles. The highest BCUT2D eigenvalue weighted by atomic mass is 16.5. The summed E-state index contributed by atoms with van der Waals surface area (Å²) in [6.45, 7) is 7.61. The number of amides is 1. The molecule has 0 aliphatic rings. The molecule has 2 N–H and O–H groups in total. The highest BCUT2D eigenvalue weighted by Gasteiger charge is 2.26. The maximum absolute atomic E-state index is 12.9. The molecule has 160 valence electrons.